The van der Waals surface area contributed by atoms with Crippen molar-refractivity contribution in [2.24, 2.45) is 0 Å². The molecule has 0 radical (unpaired) electrons. The molecule has 0 bridgehead atoms. The Morgan fingerprint density at radius 1 is 1.31 bits per heavy atom. The fourth-order valence-corrected chi connectivity index (χ4v) is 6.24. The first-order valence-corrected chi connectivity index (χ1v) is 11.2. The van der Waals surface area contributed by atoms with Crippen LogP contribution in [0.25, 0.3) is 10.1 Å². The molecule has 29 heavy (non-hydrogen) atoms. The SMILES string of the molecule is CC1=C(C(=O)O)N2C(=O)C(NC(=O)CNc3csc4c(Cl)ccc(Cl)c34)[C@@H]2SC1. The van der Waals surface area contributed by atoms with Crippen molar-refractivity contribution in [2.45, 2.75) is 18.3 Å². The van der Waals surface area contributed by atoms with Gasteiger partial charge in [0.25, 0.3) is 5.91 Å². The summed E-state index contributed by atoms with van der Waals surface area (Å²) in [6, 6.07) is 2.67. The molecule has 3 heterocycles. The molecule has 2 aliphatic heterocycles. The summed E-state index contributed by atoms with van der Waals surface area (Å²) in [6.07, 6.45) is 0. The van der Waals surface area contributed by atoms with E-state index in [1.807, 2.05) is 5.38 Å². The Hall–Kier alpha value is -1.94. The van der Waals surface area contributed by atoms with Crippen LogP contribution in [0.4, 0.5) is 5.69 Å². The van der Waals surface area contributed by atoms with E-state index in [4.69, 9.17) is 23.2 Å². The lowest BCUT2D eigenvalue weighted by molar-refractivity contribution is -0.150. The Morgan fingerprint density at radius 2 is 2.03 bits per heavy atom. The Morgan fingerprint density at radius 3 is 2.76 bits per heavy atom. The van der Waals surface area contributed by atoms with Gasteiger partial charge in [0.2, 0.25) is 5.91 Å². The van der Waals surface area contributed by atoms with E-state index in [-0.39, 0.29) is 18.1 Å². The molecule has 2 aliphatic rings. The van der Waals surface area contributed by atoms with E-state index in [2.05, 4.69) is 10.6 Å². The summed E-state index contributed by atoms with van der Waals surface area (Å²) in [4.78, 5) is 37.5. The normalized spacial score (nSPS) is 21.1. The summed E-state index contributed by atoms with van der Waals surface area (Å²) in [5.41, 5.74) is 1.34. The van der Waals surface area contributed by atoms with Crippen molar-refractivity contribution < 1.29 is 19.5 Å². The van der Waals surface area contributed by atoms with Crippen molar-refractivity contribution in [3.63, 3.8) is 0 Å². The molecule has 11 heteroatoms. The average Bonchev–Trinajstić information content (AvgIpc) is 3.12. The zero-order valence-corrected chi connectivity index (χ0v) is 18.1. The second-order valence-electron chi connectivity index (χ2n) is 6.63. The molecule has 1 aromatic carbocycles. The molecule has 3 N–H and O–H groups in total. The van der Waals surface area contributed by atoms with E-state index in [9.17, 15) is 19.5 Å². The van der Waals surface area contributed by atoms with Gasteiger partial charge >= 0.3 is 5.97 Å². The first-order chi connectivity index (χ1) is 13.8. The second-order valence-corrected chi connectivity index (χ2v) is 9.42. The number of carbonyl (C=O) groups excluding carboxylic acids is 2. The second kappa shape index (κ2) is 7.71. The molecule has 1 fully saturated rings. The minimum absolute atomic E-state index is 0.0126. The molecule has 0 saturated carbocycles. The molecule has 7 nitrogen and oxygen atoms in total. The van der Waals surface area contributed by atoms with Crippen LogP contribution in [0.1, 0.15) is 6.92 Å². The molecule has 0 aliphatic carbocycles. The predicted octanol–water partition coefficient (Wildman–Crippen LogP) is 3.38. The lowest BCUT2D eigenvalue weighted by Gasteiger charge is -2.49. The zero-order valence-electron chi connectivity index (χ0n) is 15.0. The highest BCUT2D eigenvalue weighted by molar-refractivity contribution is 8.00. The fraction of sp³-hybridized carbons (Fsp3) is 0.278. The number of thioether (sulfide) groups is 1. The number of rotatable bonds is 5. The predicted molar refractivity (Wildman–Crippen MR) is 116 cm³/mol. The number of fused-ring (bicyclic) bond motifs is 2. The van der Waals surface area contributed by atoms with Gasteiger partial charge in [-0.15, -0.1) is 23.1 Å². The van der Waals surface area contributed by atoms with Gasteiger partial charge in [-0.1, -0.05) is 23.2 Å². The number of carboxylic acid groups (broad SMARTS) is 1. The van der Waals surface area contributed by atoms with Crippen molar-refractivity contribution >= 4 is 79.9 Å². The third kappa shape index (κ3) is 3.46. The van der Waals surface area contributed by atoms with Gasteiger partial charge in [-0.25, -0.2) is 4.79 Å². The van der Waals surface area contributed by atoms with Crippen LogP contribution >= 0.6 is 46.3 Å². The van der Waals surface area contributed by atoms with Crippen molar-refractivity contribution in [2.75, 3.05) is 17.6 Å². The standard InChI is InChI=1S/C18H15Cl2N3O4S2/c1-7-5-29-17-13(16(25)23(17)14(7)18(26)27)22-11(24)4-21-10-6-28-15-9(20)3-2-8(19)12(10)15/h2-3,6,13,17,21H,4-5H2,1H3,(H,22,24)(H,26,27)/t13?,17-/m0/s1. The van der Waals surface area contributed by atoms with E-state index in [1.54, 1.807) is 19.1 Å². The van der Waals surface area contributed by atoms with Crippen LogP contribution in [0.3, 0.4) is 0 Å². The maximum atomic E-state index is 12.4. The highest BCUT2D eigenvalue weighted by atomic mass is 35.5. The number of carboxylic acids is 1. The van der Waals surface area contributed by atoms with E-state index in [0.29, 0.717) is 27.1 Å². The largest absolute Gasteiger partial charge is 0.477 e. The van der Waals surface area contributed by atoms with Crippen molar-refractivity contribution in [3.05, 3.63) is 38.8 Å². The maximum Gasteiger partial charge on any atom is 0.352 e. The van der Waals surface area contributed by atoms with Crippen LogP contribution in [0.15, 0.2) is 28.8 Å². The Bertz CT molecular complexity index is 1080. The third-order valence-corrected chi connectivity index (χ3v) is 7.92. The van der Waals surface area contributed by atoms with Crippen LogP contribution < -0.4 is 10.6 Å². The minimum Gasteiger partial charge on any atom is -0.477 e. The lowest BCUT2D eigenvalue weighted by Crippen LogP contribution is -2.70. The molecule has 0 spiro atoms. The quantitative estimate of drug-likeness (QED) is 0.578. The van der Waals surface area contributed by atoms with Crippen LogP contribution in [-0.2, 0) is 14.4 Å². The number of amides is 2. The number of β-lactam (4-membered cyclic amide) rings is 1. The molecule has 1 aromatic heterocycles. The smallest absolute Gasteiger partial charge is 0.352 e. The summed E-state index contributed by atoms with van der Waals surface area (Å²) in [5, 5.41) is 18.4. The van der Waals surface area contributed by atoms with Crippen LogP contribution in [0, 0.1) is 0 Å². The summed E-state index contributed by atoms with van der Waals surface area (Å²) in [5.74, 6) is -1.42. The Labute approximate surface area is 184 Å². The van der Waals surface area contributed by atoms with E-state index in [0.717, 1.165) is 10.1 Å². The number of thiophene rings is 1. The highest BCUT2D eigenvalue weighted by Crippen LogP contribution is 2.41. The summed E-state index contributed by atoms with van der Waals surface area (Å²) in [7, 11) is 0. The molecule has 2 atom stereocenters. The number of anilines is 1. The molecular formula is C18H15Cl2N3O4S2. The maximum absolute atomic E-state index is 12.4. The number of carbonyl (C=O) groups is 3. The summed E-state index contributed by atoms with van der Waals surface area (Å²) < 4.78 is 0.828. The molecule has 1 saturated heterocycles. The van der Waals surface area contributed by atoms with E-state index in [1.165, 1.54) is 28.0 Å². The van der Waals surface area contributed by atoms with Gasteiger partial charge in [0.15, 0.2) is 0 Å². The van der Waals surface area contributed by atoms with Gasteiger partial charge in [0, 0.05) is 16.5 Å². The average molecular weight is 472 g/mol. The van der Waals surface area contributed by atoms with Gasteiger partial charge in [-0.2, -0.15) is 0 Å². The number of benzene rings is 1. The Kier molecular flexibility index (Phi) is 5.41. The van der Waals surface area contributed by atoms with Gasteiger partial charge in [0.1, 0.15) is 17.1 Å². The van der Waals surface area contributed by atoms with Crippen molar-refractivity contribution in [1.29, 1.82) is 0 Å². The topological polar surface area (TPSA) is 98.7 Å². The summed E-state index contributed by atoms with van der Waals surface area (Å²) in [6.45, 7) is 1.63. The fourth-order valence-electron chi connectivity index (χ4n) is 3.38. The molecular weight excluding hydrogens is 457 g/mol. The number of halogens is 2. The Balaban J connectivity index is 1.41. The molecule has 4 rings (SSSR count). The van der Waals surface area contributed by atoms with Gasteiger partial charge in [-0.05, 0) is 24.6 Å². The van der Waals surface area contributed by atoms with Crippen LogP contribution in [-0.4, -0.2) is 51.5 Å². The first-order valence-electron chi connectivity index (χ1n) is 8.55. The number of nitrogens with one attached hydrogen (secondary N) is 2. The minimum atomic E-state index is -1.13. The highest BCUT2D eigenvalue weighted by Gasteiger charge is 2.53. The van der Waals surface area contributed by atoms with Crippen molar-refractivity contribution in [1.82, 2.24) is 10.2 Å². The summed E-state index contributed by atoms with van der Waals surface area (Å²) >= 11 is 15.3. The van der Waals surface area contributed by atoms with E-state index >= 15 is 0 Å². The lowest BCUT2D eigenvalue weighted by atomic mass is 10.0. The number of hydrogen-bond donors (Lipinski definition) is 3. The van der Waals surface area contributed by atoms with Gasteiger partial charge in [0.05, 0.1) is 27.0 Å². The zero-order chi connectivity index (χ0) is 20.9. The van der Waals surface area contributed by atoms with Gasteiger partial charge < -0.3 is 15.7 Å². The van der Waals surface area contributed by atoms with E-state index < -0.39 is 23.3 Å². The van der Waals surface area contributed by atoms with Gasteiger partial charge in [-0.3, -0.25) is 14.5 Å². The number of aliphatic carboxylic acids is 1. The number of hydrogen-bond acceptors (Lipinski definition) is 6. The first kappa shape index (κ1) is 20.3. The number of nitrogens with zero attached hydrogens (tertiary/aromatic N) is 1. The van der Waals surface area contributed by atoms with Crippen LogP contribution in [0.2, 0.25) is 10.0 Å². The monoisotopic (exact) mass is 471 g/mol. The molecule has 2 amide bonds. The molecule has 1 unspecified atom stereocenters. The molecule has 2 aromatic rings. The third-order valence-electron chi connectivity index (χ3n) is 4.74. The van der Waals surface area contributed by atoms with Crippen LogP contribution in [0.5, 0.6) is 0 Å². The van der Waals surface area contributed by atoms with Crippen molar-refractivity contribution in [3.8, 4) is 0 Å². The molecule has 152 valence electrons.